The van der Waals surface area contributed by atoms with Crippen LogP contribution in [-0.2, 0) is 0 Å². The van der Waals surface area contributed by atoms with Gasteiger partial charge in [0.1, 0.15) is 0 Å². The third-order valence-corrected chi connectivity index (χ3v) is 4.05. The smallest absolute Gasteiger partial charge is 0.218 e. The minimum absolute atomic E-state index is 0. The Bertz CT molecular complexity index is 328. The van der Waals surface area contributed by atoms with Crippen molar-refractivity contribution in [1.29, 1.82) is 0 Å². The number of guanidine groups is 2. The molecular formula is C14H28ClN5. The summed E-state index contributed by atoms with van der Waals surface area (Å²) in [5, 5.41) is 0. The third-order valence-electron chi connectivity index (χ3n) is 4.05. The van der Waals surface area contributed by atoms with Crippen LogP contribution >= 0.6 is 12.4 Å². The Labute approximate surface area is 128 Å². The van der Waals surface area contributed by atoms with Crippen LogP contribution in [0.4, 0.5) is 0 Å². The molecule has 2 rings (SSSR count). The summed E-state index contributed by atoms with van der Waals surface area (Å²) < 4.78 is 0. The second-order valence-electron chi connectivity index (χ2n) is 5.65. The molecule has 1 saturated heterocycles. The lowest BCUT2D eigenvalue weighted by Gasteiger charge is -2.27. The first kappa shape index (κ1) is 17.1. The standard InChI is InChI=1S/C14H27N5.ClH/c15-13(17-12-8-4-1-2-5-9-12)18-14(16)19-10-6-3-7-11-19;/h12H,1-11H2,(H4,15,16,17,18);1H. The van der Waals surface area contributed by atoms with Gasteiger partial charge in [0.2, 0.25) is 5.96 Å². The summed E-state index contributed by atoms with van der Waals surface area (Å²) in [6, 6.07) is 0.348. The van der Waals surface area contributed by atoms with Crippen molar-refractivity contribution in [1.82, 2.24) is 4.90 Å². The van der Waals surface area contributed by atoms with Crippen molar-refractivity contribution in [2.75, 3.05) is 13.1 Å². The van der Waals surface area contributed by atoms with Gasteiger partial charge in [0.25, 0.3) is 0 Å². The van der Waals surface area contributed by atoms with Crippen molar-refractivity contribution < 1.29 is 0 Å². The summed E-state index contributed by atoms with van der Waals surface area (Å²) in [6.45, 7) is 1.98. The zero-order valence-electron chi connectivity index (χ0n) is 12.3. The minimum atomic E-state index is 0. The zero-order chi connectivity index (χ0) is 13.5. The number of halogens is 1. The molecule has 2 fully saturated rings. The molecule has 0 unspecified atom stereocenters. The van der Waals surface area contributed by atoms with E-state index in [1.54, 1.807) is 0 Å². The van der Waals surface area contributed by atoms with Gasteiger partial charge in [-0.1, -0.05) is 25.7 Å². The van der Waals surface area contributed by atoms with Gasteiger partial charge in [0.05, 0.1) is 6.04 Å². The highest BCUT2D eigenvalue weighted by atomic mass is 35.5. The maximum atomic E-state index is 6.00. The van der Waals surface area contributed by atoms with Gasteiger partial charge in [-0.15, -0.1) is 12.4 Å². The maximum absolute atomic E-state index is 6.00. The summed E-state index contributed by atoms with van der Waals surface area (Å²) in [5.74, 6) is 0.893. The van der Waals surface area contributed by atoms with Gasteiger partial charge >= 0.3 is 0 Å². The average molecular weight is 302 g/mol. The average Bonchev–Trinajstić information content (AvgIpc) is 2.68. The van der Waals surface area contributed by atoms with E-state index in [-0.39, 0.29) is 12.4 Å². The molecule has 0 aromatic rings. The second kappa shape index (κ2) is 9.06. The topological polar surface area (TPSA) is 80.0 Å². The van der Waals surface area contributed by atoms with Crippen LogP contribution in [0.25, 0.3) is 0 Å². The Hall–Kier alpha value is -0.970. The summed E-state index contributed by atoms with van der Waals surface area (Å²) in [4.78, 5) is 10.9. The number of piperidine rings is 1. The molecule has 0 amide bonds. The van der Waals surface area contributed by atoms with Crippen LogP contribution in [0, 0.1) is 0 Å². The molecule has 4 N–H and O–H groups in total. The van der Waals surface area contributed by atoms with Gasteiger partial charge < -0.3 is 16.4 Å². The van der Waals surface area contributed by atoms with Gasteiger partial charge in [0.15, 0.2) is 5.96 Å². The molecule has 1 heterocycles. The molecule has 0 atom stereocenters. The molecule has 20 heavy (non-hydrogen) atoms. The number of hydrogen-bond acceptors (Lipinski definition) is 1. The largest absolute Gasteiger partial charge is 0.369 e. The van der Waals surface area contributed by atoms with Crippen molar-refractivity contribution in [3.05, 3.63) is 0 Å². The molecule has 0 spiro atoms. The molecule has 1 aliphatic carbocycles. The molecule has 1 saturated carbocycles. The van der Waals surface area contributed by atoms with Gasteiger partial charge in [-0.05, 0) is 32.1 Å². The minimum Gasteiger partial charge on any atom is -0.369 e. The molecule has 2 aliphatic rings. The van der Waals surface area contributed by atoms with E-state index in [0.717, 1.165) is 25.9 Å². The van der Waals surface area contributed by atoms with Crippen molar-refractivity contribution in [3.63, 3.8) is 0 Å². The first-order valence-electron chi connectivity index (χ1n) is 7.68. The fourth-order valence-corrected chi connectivity index (χ4v) is 2.91. The number of nitrogens with zero attached hydrogens (tertiary/aromatic N) is 3. The Balaban J connectivity index is 0.00000200. The van der Waals surface area contributed by atoms with E-state index in [0.29, 0.717) is 18.0 Å². The highest BCUT2D eigenvalue weighted by Crippen LogP contribution is 2.19. The van der Waals surface area contributed by atoms with Crippen molar-refractivity contribution in [3.8, 4) is 0 Å². The Morgan fingerprint density at radius 2 is 1.40 bits per heavy atom. The van der Waals surface area contributed by atoms with Gasteiger partial charge in [-0.3, -0.25) is 0 Å². The first-order valence-corrected chi connectivity index (χ1v) is 7.68. The fraction of sp³-hybridized carbons (Fsp3) is 0.857. The van der Waals surface area contributed by atoms with Gasteiger partial charge in [-0.2, -0.15) is 4.99 Å². The number of likely N-dealkylation sites (tertiary alicyclic amines) is 1. The normalized spacial score (nSPS) is 23.1. The first-order chi connectivity index (χ1) is 9.25. The SMILES string of the molecule is Cl.NC(=NC1CCCCCC1)N=C(N)N1CCCCC1. The van der Waals surface area contributed by atoms with E-state index in [2.05, 4.69) is 14.9 Å². The molecule has 1 aliphatic heterocycles. The fourth-order valence-electron chi connectivity index (χ4n) is 2.91. The molecule has 0 aromatic heterocycles. The van der Waals surface area contributed by atoms with E-state index in [9.17, 15) is 0 Å². The summed E-state index contributed by atoms with van der Waals surface area (Å²) in [7, 11) is 0. The monoisotopic (exact) mass is 301 g/mol. The summed E-state index contributed by atoms with van der Waals surface area (Å²) >= 11 is 0. The molecular weight excluding hydrogens is 274 g/mol. The van der Waals surface area contributed by atoms with Crippen LogP contribution in [0.15, 0.2) is 9.98 Å². The highest BCUT2D eigenvalue weighted by molar-refractivity contribution is 5.93. The molecule has 116 valence electrons. The third kappa shape index (κ3) is 5.57. The van der Waals surface area contributed by atoms with Crippen molar-refractivity contribution in [2.24, 2.45) is 21.5 Å². The lowest BCUT2D eigenvalue weighted by Crippen LogP contribution is -2.41. The van der Waals surface area contributed by atoms with Crippen LogP contribution in [0.1, 0.15) is 57.8 Å². The zero-order valence-corrected chi connectivity index (χ0v) is 13.1. The maximum Gasteiger partial charge on any atom is 0.218 e. The van der Waals surface area contributed by atoms with Gasteiger partial charge in [-0.25, -0.2) is 4.99 Å². The van der Waals surface area contributed by atoms with Crippen LogP contribution in [0.5, 0.6) is 0 Å². The van der Waals surface area contributed by atoms with E-state index in [1.165, 1.54) is 44.9 Å². The Kier molecular flexibility index (Phi) is 7.73. The molecule has 6 heteroatoms. The quantitative estimate of drug-likeness (QED) is 0.443. The summed E-state index contributed by atoms with van der Waals surface area (Å²) in [5.41, 5.74) is 11.9. The second-order valence-corrected chi connectivity index (χ2v) is 5.65. The van der Waals surface area contributed by atoms with E-state index < -0.39 is 0 Å². The highest BCUT2D eigenvalue weighted by Gasteiger charge is 2.14. The molecule has 0 radical (unpaired) electrons. The predicted octanol–water partition coefficient (Wildman–Crippen LogP) is 2.25. The van der Waals surface area contributed by atoms with Crippen LogP contribution < -0.4 is 11.5 Å². The van der Waals surface area contributed by atoms with E-state index >= 15 is 0 Å². The lowest BCUT2D eigenvalue weighted by molar-refractivity contribution is 0.339. The van der Waals surface area contributed by atoms with Crippen molar-refractivity contribution >= 4 is 24.3 Å². The predicted molar refractivity (Wildman–Crippen MR) is 87.4 cm³/mol. The van der Waals surface area contributed by atoms with E-state index in [4.69, 9.17) is 11.5 Å². The Morgan fingerprint density at radius 1 is 0.850 bits per heavy atom. The van der Waals surface area contributed by atoms with Gasteiger partial charge in [0, 0.05) is 13.1 Å². The lowest BCUT2D eigenvalue weighted by atomic mass is 10.1. The van der Waals surface area contributed by atoms with Crippen LogP contribution in [-0.4, -0.2) is 36.0 Å². The molecule has 0 aromatic carbocycles. The van der Waals surface area contributed by atoms with Crippen LogP contribution in [0.2, 0.25) is 0 Å². The molecule has 0 bridgehead atoms. The van der Waals surface area contributed by atoms with Crippen molar-refractivity contribution in [2.45, 2.75) is 63.8 Å². The van der Waals surface area contributed by atoms with Crippen LogP contribution in [0.3, 0.4) is 0 Å². The number of rotatable bonds is 1. The number of hydrogen-bond donors (Lipinski definition) is 2. The molecule has 5 nitrogen and oxygen atoms in total. The number of nitrogens with two attached hydrogens (primary N) is 2. The summed E-state index contributed by atoms with van der Waals surface area (Å²) in [6.07, 6.45) is 11.1. The van der Waals surface area contributed by atoms with E-state index in [1.807, 2.05) is 0 Å². The number of aliphatic imine (C=N–C) groups is 2. The Morgan fingerprint density at radius 3 is 2.00 bits per heavy atom.